The third-order valence-electron chi connectivity index (χ3n) is 4.07. The molecule has 0 spiro atoms. The average Bonchev–Trinajstić information content (AvgIpc) is 2.48. The van der Waals surface area contributed by atoms with Crippen LogP contribution in [0.5, 0.6) is 0 Å². The quantitative estimate of drug-likeness (QED) is 0.763. The molecular weight excluding hydrogens is 241 g/mol. The fourth-order valence-electron chi connectivity index (χ4n) is 1.99. The van der Waals surface area contributed by atoms with Gasteiger partial charge in [-0.2, -0.15) is 0 Å². The van der Waals surface area contributed by atoms with E-state index in [9.17, 15) is 4.79 Å². The van der Waals surface area contributed by atoms with Crippen LogP contribution in [0.4, 0.5) is 0 Å². The summed E-state index contributed by atoms with van der Waals surface area (Å²) in [7, 11) is -0.594. The molecule has 0 N–H and O–H groups in total. The fourth-order valence-corrected chi connectivity index (χ4v) is 1.99. The molecule has 0 unspecified atom stereocenters. The van der Waals surface area contributed by atoms with Crippen LogP contribution < -0.4 is 10.9 Å². The number of rotatable bonds is 2. The Hall–Kier alpha value is -1.07. The highest BCUT2D eigenvalue weighted by molar-refractivity contribution is 6.61. The third-order valence-corrected chi connectivity index (χ3v) is 4.07. The van der Waals surface area contributed by atoms with E-state index in [4.69, 9.17) is 9.31 Å². The van der Waals surface area contributed by atoms with Gasteiger partial charge in [-0.25, -0.2) is 0 Å². The van der Waals surface area contributed by atoms with Crippen LogP contribution >= 0.6 is 0 Å². The molecule has 4 nitrogen and oxygen atoms in total. The number of hydrogen-bond donors (Lipinski definition) is 0. The summed E-state index contributed by atoms with van der Waals surface area (Å²) in [6.45, 7) is 12.1. The molecule has 1 saturated heterocycles. The van der Waals surface area contributed by atoms with Crippen LogP contribution in [0.15, 0.2) is 23.3 Å². The first-order chi connectivity index (χ1) is 8.64. The number of nitrogens with zero attached hydrogens (tertiary/aromatic N) is 1. The van der Waals surface area contributed by atoms with E-state index in [1.54, 1.807) is 12.3 Å². The molecule has 104 valence electrons. The van der Waals surface area contributed by atoms with Gasteiger partial charge >= 0.3 is 7.12 Å². The first kappa shape index (κ1) is 14.3. The highest BCUT2D eigenvalue weighted by Gasteiger charge is 2.52. The van der Waals surface area contributed by atoms with Crippen LogP contribution in [0.3, 0.4) is 0 Å². The van der Waals surface area contributed by atoms with Crippen LogP contribution in [-0.4, -0.2) is 22.9 Å². The van der Waals surface area contributed by atoms with Gasteiger partial charge in [0, 0.05) is 30.0 Å². The van der Waals surface area contributed by atoms with Gasteiger partial charge in [-0.15, -0.1) is 0 Å². The summed E-state index contributed by atoms with van der Waals surface area (Å²) in [5.41, 5.74) is -0.337. The normalized spacial score (nSPS) is 21.1. The maximum Gasteiger partial charge on any atom is 0.500 e. The van der Waals surface area contributed by atoms with Crippen molar-refractivity contribution in [3.05, 3.63) is 28.7 Å². The van der Waals surface area contributed by atoms with Crippen molar-refractivity contribution in [1.29, 1.82) is 0 Å². The second-order valence-electron chi connectivity index (χ2n) is 6.39. The van der Waals surface area contributed by atoms with Gasteiger partial charge < -0.3 is 13.9 Å². The van der Waals surface area contributed by atoms with Crippen LogP contribution in [0.1, 0.15) is 47.6 Å². The predicted molar refractivity (Wildman–Crippen MR) is 76.8 cm³/mol. The maximum absolute atomic E-state index is 12.0. The van der Waals surface area contributed by atoms with Crippen LogP contribution in [0.2, 0.25) is 0 Å². The molecule has 0 radical (unpaired) electrons. The van der Waals surface area contributed by atoms with E-state index in [1.807, 2.05) is 38.5 Å². The summed E-state index contributed by atoms with van der Waals surface area (Å²) in [6, 6.07) is 1.86. The van der Waals surface area contributed by atoms with Crippen LogP contribution in [0.25, 0.3) is 0 Å². The summed E-state index contributed by atoms with van der Waals surface area (Å²) in [5, 5.41) is 0. The Labute approximate surface area is 114 Å². The molecule has 0 aromatic carbocycles. The standard InChI is InChI=1S/C14H22BNO3/c1-10(2)16-8-7-12(17)11(9-16)15-18-13(3,4)14(5,6)19-15/h7-10H,1-6H3. The van der Waals surface area contributed by atoms with Crippen molar-refractivity contribution in [2.75, 3.05) is 0 Å². The average molecular weight is 263 g/mol. The summed E-state index contributed by atoms with van der Waals surface area (Å²) >= 11 is 0. The summed E-state index contributed by atoms with van der Waals surface area (Å²) < 4.78 is 13.8. The lowest BCUT2D eigenvalue weighted by molar-refractivity contribution is 0.00578. The van der Waals surface area contributed by atoms with E-state index in [-0.39, 0.29) is 5.43 Å². The molecule has 1 aromatic heterocycles. The Bertz CT molecular complexity index is 518. The van der Waals surface area contributed by atoms with E-state index in [0.717, 1.165) is 0 Å². The van der Waals surface area contributed by atoms with Gasteiger partial charge in [-0.05, 0) is 41.5 Å². The molecule has 0 bridgehead atoms. The second kappa shape index (κ2) is 4.49. The van der Waals surface area contributed by atoms with Crippen molar-refractivity contribution in [3.63, 3.8) is 0 Å². The highest BCUT2D eigenvalue weighted by atomic mass is 16.7. The molecule has 1 aliphatic rings. The number of pyridine rings is 1. The molecule has 0 atom stereocenters. The maximum atomic E-state index is 12.0. The molecule has 2 heterocycles. The fraction of sp³-hybridized carbons (Fsp3) is 0.643. The lowest BCUT2D eigenvalue weighted by Crippen LogP contribution is -2.44. The number of aromatic nitrogens is 1. The molecule has 2 rings (SSSR count). The summed E-state index contributed by atoms with van der Waals surface area (Å²) in [4.78, 5) is 12.0. The van der Waals surface area contributed by atoms with E-state index >= 15 is 0 Å². The Morgan fingerprint density at radius 2 is 1.68 bits per heavy atom. The first-order valence-electron chi connectivity index (χ1n) is 6.71. The van der Waals surface area contributed by atoms with Crippen molar-refractivity contribution in [1.82, 2.24) is 4.57 Å². The lowest BCUT2D eigenvalue weighted by atomic mass is 9.80. The Balaban J connectivity index is 2.39. The van der Waals surface area contributed by atoms with Gasteiger partial charge in [0.1, 0.15) is 0 Å². The zero-order valence-corrected chi connectivity index (χ0v) is 12.6. The highest BCUT2D eigenvalue weighted by Crippen LogP contribution is 2.36. The van der Waals surface area contributed by atoms with Crippen molar-refractivity contribution >= 4 is 12.6 Å². The zero-order chi connectivity index (χ0) is 14.4. The van der Waals surface area contributed by atoms with Crippen molar-refractivity contribution in [2.24, 2.45) is 0 Å². The van der Waals surface area contributed by atoms with E-state index in [2.05, 4.69) is 13.8 Å². The SMILES string of the molecule is CC(C)n1ccc(=O)c(B2OC(C)(C)C(C)(C)O2)c1. The van der Waals surface area contributed by atoms with E-state index < -0.39 is 18.3 Å². The molecule has 0 saturated carbocycles. The molecule has 19 heavy (non-hydrogen) atoms. The smallest absolute Gasteiger partial charge is 0.399 e. The van der Waals surface area contributed by atoms with Crippen molar-refractivity contribution in [3.8, 4) is 0 Å². The molecule has 0 aliphatic carbocycles. The zero-order valence-electron chi connectivity index (χ0n) is 12.6. The van der Waals surface area contributed by atoms with Gasteiger partial charge in [-0.1, -0.05) is 0 Å². The molecule has 1 aliphatic heterocycles. The molecule has 5 heteroatoms. The second-order valence-corrected chi connectivity index (χ2v) is 6.39. The summed E-state index contributed by atoms with van der Waals surface area (Å²) in [5.74, 6) is 0. The Kier molecular flexibility index (Phi) is 3.39. The van der Waals surface area contributed by atoms with Gasteiger partial charge in [0.2, 0.25) is 0 Å². The van der Waals surface area contributed by atoms with Gasteiger partial charge in [0.05, 0.1) is 11.2 Å². The van der Waals surface area contributed by atoms with Crippen LogP contribution in [0, 0.1) is 0 Å². The van der Waals surface area contributed by atoms with E-state index in [1.165, 1.54) is 0 Å². The lowest BCUT2D eigenvalue weighted by Gasteiger charge is -2.32. The largest absolute Gasteiger partial charge is 0.500 e. The monoisotopic (exact) mass is 263 g/mol. The molecular formula is C14H22BNO3. The first-order valence-corrected chi connectivity index (χ1v) is 6.71. The number of hydrogen-bond acceptors (Lipinski definition) is 3. The summed E-state index contributed by atoms with van der Waals surface area (Å²) in [6.07, 6.45) is 3.62. The third kappa shape index (κ3) is 2.49. The molecule has 0 amide bonds. The topological polar surface area (TPSA) is 40.5 Å². The van der Waals surface area contributed by atoms with E-state index in [0.29, 0.717) is 11.5 Å². The Morgan fingerprint density at radius 3 is 2.16 bits per heavy atom. The predicted octanol–water partition coefficient (Wildman–Crippen LogP) is 1.73. The van der Waals surface area contributed by atoms with Crippen molar-refractivity contribution < 1.29 is 9.31 Å². The molecule has 1 fully saturated rings. The van der Waals surface area contributed by atoms with Gasteiger partial charge in [-0.3, -0.25) is 4.79 Å². The minimum atomic E-state index is -0.594. The van der Waals surface area contributed by atoms with Gasteiger partial charge in [0.25, 0.3) is 0 Å². The van der Waals surface area contributed by atoms with Crippen LogP contribution in [-0.2, 0) is 9.31 Å². The van der Waals surface area contributed by atoms with Gasteiger partial charge in [0.15, 0.2) is 5.43 Å². The minimum absolute atomic E-state index is 0.0459. The minimum Gasteiger partial charge on any atom is -0.399 e. The molecule has 1 aromatic rings. The Morgan fingerprint density at radius 1 is 1.16 bits per heavy atom. The van der Waals surface area contributed by atoms with Crippen molar-refractivity contribution in [2.45, 2.75) is 58.8 Å².